The first-order chi connectivity index (χ1) is 10.9. The smallest absolute Gasteiger partial charge is 0.254 e. The molecule has 0 spiro atoms. The van der Waals surface area contributed by atoms with Gasteiger partial charge in [0.05, 0.1) is 18.1 Å². The van der Waals surface area contributed by atoms with Crippen LogP contribution in [0.2, 0.25) is 0 Å². The fourth-order valence-electron chi connectivity index (χ4n) is 2.47. The second-order valence-corrected chi connectivity index (χ2v) is 7.64. The SMILES string of the molecule is CO[C@@H](C(=O)NCC(=O)N[C@H]1CCS(=O)(=O)C1)c1ccccc1. The third-order valence-electron chi connectivity index (χ3n) is 3.60. The molecule has 1 aromatic rings. The number of amides is 2. The Hall–Kier alpha value is -1.93. The van der Waals surface area contributed by atoms with Gasteiger partial charge in [0.15, 0.2) is 15.9 Å². The first-order valence-electron chi connectivity index (χ1n) is 7.26. The van der Waals surface area contributed by atoms with Gasteiger partial charge in [-0.3, -0.25) is 9.59 Å². The Morgan fingerprint density at radius 2 is 2.00 bits per heavy atom. The molecule has 1 aliphatic heterocycles. The number of methoxy groups -OCH3 is 1. The maximum atomic E-state index is 12.1. The molecule has 0 saturated carbocycles. The monoisotopic (exact) mass is 340 g/mol. The zero-order valence-electron chi connectivity index (χ0n) is 12.8. The van der Waals surface area contributed by atoms with Gasteiger partial charge in [-0.1, -0.05) is 30.3 Å². The first-order valence-corrected chi connectivity index (χ1v) is 9.08. The molecule has 0 bridgehead atoms. The van der Waals surface area contributed by atoms with Gasteiger partial charge < -0.3 is 15.4 Å². The molecule has 2 rings (SSSR count). The topological polar surface area (TPSA) is 102 Å². The lowest BCUT2D eigenvalue weighted by atomic mass is 10.1. The summed E-state index contributed by atoms with van der Waals surface area (Å²) < 4.78 is 27.8. The van der Waals surface area contributed by atoms with Crippen LogP contribution < -0.4 is 10.6 Å². The number of nitrogens with one attached hydrogen (secondary N) is 2. The van der Waals surface area contributed by atoms with Crippen LogP contribution in [0.5, 0.6) is 0 Å². The highest BCUT2D eigenvalue weighted by molar-refractivity contribution is 7.91. The molecular weight excluding hydrogens is 320 g/mol. The van der Waals surface area contributed by atoms with Crippen LogP contribution in [0.4, 0.5) is 0 Å². The van der Waals surface area contributed by atoms with Gasteiger partial charge in [-0.2, -0.15) is 0 Å². The lowest BCUT2D eigenvalue weighted by molar-refractivity contribution is -0.133. The van der Waals surface area contributed by atoms with Crippen LogP contribution in [0.15, 0.2) is 30.3 Å². The molecule has 1 aromatic carbocycles. The third kappa shape index (κ3) is 5.04. The lowest BCUT2D eigenvalue weighted by Crippen LogP contribution is -2.43. The summed E-state index contributed by atoms with van der Waals surface area (Å²) in [5.41, 5.74) is 0.690. The van der Waals surface area contributed by atoms with Crippen LogP contribution in [0, 0.1) is 0 Å². The Kier molecular flexibility index (Phi) is 5.73. The molecule has 2 N–H and O–H groups in total. The number of carbonyl (C=O) groups excluding carboxylic acids is 2. The highest BCUT2D eigenvalue weighted by Gasteiger charge is 2.29. The van der Waals surface area contributed by atoms with Crippen molar-refractivity contribution >= 4 is 21.7 Å². The summed E-state index contributed by atoms with van der Waals surface area (Å²) in [6.07, 6.45) is -0.386. The highest BCUT2D eigenvalue weighted by Crippen LogP contribution is 2.16. The second-order valence-electron chi connectivity index (χ2n) is 5.41. The number of hydrogen-bond donors (Lipinski definition) is 2. The summed E-state index contributed by atoms with van der Waals surface area (Å²) in [5, 5.41) is 5.11. The van der Waals surface area contributed by atoms with Crippen LogP contribution in [0.3, 0.4) is 0 Å². The summed E-state index contributed by atoms with van der Waals surface area (Å²) in [6, 6.07) is 8.56. The number of carbonyl (C=O) groups is 2. The van der Waals surface area contributed by atoms with Crippen molar-refractivity contribution in [2.75, 3.05) is 25.2 Å². The van der Waals surface area contributed by atoms with Crippen molar-refractivity contribution in [3.05, 3.63) is 35.9 Å². The summed E-state index contributed by atoms with van der Waals surface area (Å²) in [7, 11) is -1.63. The molecule has 0 aromatic heterocycles. The van der Waals surface area contributed by atoms with Crippen molar-refractivity contribution in [2.45, 2.75) is 18.6 Å². The van der Waals surface area contributed by atoms with Crippen LogP contribution in [0.1, 0.15) is 18.1 Å². The van der Waals surface area contributed by atoms with Crippen LogP contribution in [-0.2, 0) is 24.2 Å². The zero-order chi connectivity index (χ0) is 16.9. The van der Waals surface area contributed by atoms with Gasteiger partial charge in [-0.05, 0) is 12.0 Å². The normalized spacial score (nSPS) is 20.7. The molecule has 0 unspecified atom stereocenters. The zero-order valence-corrected chi connectivity index (χ0v) is 13.6. The molecule has 1 saturated heterocycles. The molecule has 7 nitrogen and oxygen atoms in total. The van der Waals surface area contributed by atoms with Gasteiger partial charge in [-0.25, -0.2) is 8.42 Å². The molecule has 1 aliphatic rings. The van der Waals surface area contributed by atoms with Gasteiger partial charge in [-0.15, -0.1) is 0 Å². The Morgan fingerprint density at radius 1 is 1.30 bits per heavy atom. The molecule has 0 radical (unpaired) electrons. The average molecular weight is 340 g/mol. The quantitative estimate of drug-likeness (QED) is 0.746. The Bertz CT molecular complexity index is 660. The van der Waals surface area contributed by atoms with Crippen LogP contribution >= 0.6 is 0 Å². The fraction of sp³-hybridized carbons (Fsp3) is 0.467. The van der Waals surface area contributed by atoms with E-state index < -0.39 is 27.8 Å². The van der Waals surface area contributed by atoms with E-state index in [-0.39, 0.29) is 24.1 Å². The minimum atomic E-state index is -3.05. The predicted octanol–water partition coefficient (Wildman–Crippen LogP) is -0.206. The number of rotatable bonds is 6. The number of hydrogen-bond acceptors (Lipinski definition) is 5. The summed E-state index contributed by atoms with van der Waals surface area (Å²) >= 11 is 0. The molecule has 1 heterocycles. The number of sulfone groups is 1. The maximum Gasteiger partial charge on any atom is 0.254 e. The lowest BCUT2D eigenvalue weighted by Gasteiger charge is -2.16. The van der Waals surface area contributed by atoms with E-state index in [0.717, 1.165) is 0 Å². The van der Waals surface area contributed by atoms with E-state index in [2.05, 4.69) is 10.6 Å². The summed E-state index contributed by atoms with van der Waals surface area (Å²) in [5.74, 6) is -0.794. The van der Waals surface area contributed by atoms with Crippen LogP contribution in [0.25, 0.3) is 0 Å². The summed E-state index contributed by atoms with van der Waals surface area (Å²) in [6.45, 7) is -0.220. The van der Waals surface area contributed by atoms with Crippen LogP contribution in [-0.4, -0.2) is 51.4 Å². The molecular formula is C15H20N2O5S. The van der Waals surface area contributed by atoms with E-state index in [4.69, 9.17) is 4.74 Å². The standard InChI is InChI=1S/C15H20N2O5S/c1-22-14(11-5-3-2-4-6-11)15(19)16-9-13(18)17-12-7-8-23(20,21)10-12/h2-6,12,14H,7-10H2,1H3,(H,16,19)(H,17,18)/t12-,14+/m0/s1. The largest absolute Gasteiger partial charge is 0.367 e. The van der Waals surface area contributed by atoms with Crippen molar-refractivity contribution in [1.29, 1.82) is 0 Å². The Balaban J connectivity index is 1.82. The van der Waals surface area contributed by atoms with Gasteiger partial charge >= 0.3 is 0 Å². The average Bonchev–Trinajstić information content (AvgIpc) is 2.86. The molecule has 8 heteroatoms. The van der Waals surface area contributed by atoms with Crippen molar-refractivity contribution in [3.63, 3.8) is 0 Å². The van der Waals surface area contributed by atoms with E-state index in [1.165, 1.54) is 7.11 Å². The Labute approximate surface area is 135 Å². The molecule has 2 atom stereocenters. The number of benzene rings is 1. The van der Waals surface area contributed by atoms with E-state index in [1.807, 2.05) is 6.07 Å². The highest BCUT2D eigenvalue weighted by atomic mass is 32.2. The molecule has 2 amide bonds. The second kappa shape index (κ2) is 7.56. The van der Waals surface area contributed by atoms with E-state index >= 15 is 0 Å². The third-order valence-corrected chi connectivity index (χ3v) is 5.36. The predicted molar refractivity (Wildman–Crippen MR) is 84.4 cm³/mol. The molecule has 1 fully saturated rings. The van der Waals surface area contributed by atoms with Gasteiger partial charge in [0.2, 0.25) is 5.91 Å². The van der Waals surface area contributed by atoms with Crippen molar-refractivity contribution in [1.82, 2.24) is 10.6 Å². The van der Waals surface area contributed by atoms with Gasteiger partial charge in [0.25, 0.3) is 5.91 Å². The molecule has 126 valence electrons. The maximum absolute atomic E-state index is 12.1. The summed E-state index contributed by atoms with van der Waals surface area (Å²) in [4.78, 5) is 23.9. The minimum Gasteiger partial charge on any atom is -0.367 e. The van der Waals surface area contributed by atoms with Crippen molar-refractivity contribution in [3.8, 4) is 0 Å². The van der Waals surface area contributed by atoms with Gasteiger partial charge in [0, 0.05) is 13.2 Å². The van der Waals surface area contributed by atoms with Crippen molar-refractivity contribution < 1.29 is 22.7 Å². The number of ether oxygens (including phenoxy) is 1. The van der Waals surface area contributed by atoms with E-state index in [9.17, 15) is 18.0 Å². The Morgan fingerprint density at radius 3 is 2.57 bits per heavy atom. The first kappa shape index (κ1) is 17.4. The molecule has 23 heavy (non-hydrogen) atoms. The minimum absolute atomic E-state index is 0.0442. The van der Waals surface area contributed by atoms with E-state index in [0.29, 0.717) is 12.0 Å². The molecule has 0 aliphatic carbocycles. The van der Waals surface area contributed by atoms with E-state index in [1.54, 1.807) is 24.3 Å². The van der Waals surface area contributed by atoms with Crippen molar-refractivity contribution in [2.24, 2.45) is 0 Å². The van der Waals surface area contributed by atoms with Gasteiger partial charge in [0.1, 0.15) is 0 Å². The fourth-order valence-corrected chi connectivity index (χ4v) is 4.14.